The zero-order chi connectivity index (χ0) is 8.59. The van der Waals surface area contributed by atoms with Crippen LogP contribution in [0.2, 0.25) is 0 Å². The summed E-state index contributed by atoms with van der Waals surface area (Å²) >= 11 is 0. The fraction of sp³-hybridized carbons (Fsp3) is 1.00. The van der Waals surface area contributed by atoms with Crippen LogP contribution in [-0.2, 0) is 4.74 Å². The molecule has 3 N–H and O–H groups in total. The van der Waals surface area contributed by atoms with Gasteiger partial charge in [-0.1, -0.05) is 6.92 Å². The minimum Gasteiger partial charge on any atom is -0.391 e. The second-order valence-corrected chi connectivity index (χ2v) is 3.08. The maximum Gasteiger partial charge on any atom is 0.181 e. The van der Waals surface area contributed by atoms with Crippen LogP contribution in [0.15, 0.2) is 0 Å². The minimum absolute atomic E-state index is 0.218. The van der Waals surface area contributed by atoms with Crippen molar-refractivity contribution >= 4 is 0 Å². The van der Waals surface area contributed by atoms with Crippen LogP contribution in [0.4, 0.5) is 0 Å². The van der Waals surface area contributed by atoms with Gasteiger partial charge in [-0.3, -0.25) is 0 Å². The van der Waals surface area contributed by atoms with Crippen LogP contribution in [0.5, 0.6) is 0 Å². The zero-order valence-corrected chi connectivity index (χ0v) is 6.64. The van der Waals surface area contributed by atoms with Gasteiger partial charge in [0, 0.05) is 5.92 Å². The fourth-order valence-corrected chi connectivity index (χ4v) is 1.37. The topological polar surface area (TPSA) is 69.9 Å². The van der Waals surface area contributed by atoms with Gasteiger partial charge in [-0.2, -0.15) is 0 Å². The Morgan fingerprint density at radius 3 is 2.09 bits per heavy atom. The first-order valence-corrected chi connectivity index (χ1v) is 3.73. The highest BCUT2D eigenvalue weighted by atomic mass is 16.6. The Labute approximate surface area is 65.4 Å². The SMILES string of the molecule is C[C@@H]1[C@@H]([C@@H](C)O)OC(O)[C@H]1O. The van der Waals surface area contributed by atoms with Crippen molar-refractivity contribution in [2.75, 3.05) is 0 Å². The quantitative estimate of drug-likeness (QED) is 0.466. The molecule has 4 heteroatoms. The number of ether oxygens (including phenoxy) is 1. The Kier molecular flexibility index (Phi) is 2.49. The molecule has 66 valence electrons. The second kappa shape index (κ2) is 3.06. The third-order valence-electron chi connectivity index (χ3n) is 2.12. The first kappa shape index (κ1) is 8.93. The Balaban J connectivity index is 2.59. The lowest BCUT2D eigenvalue weighted by molar-refractivity contribution is -0.143. The summed E-state index contributed by atoms with van der Waals surface area (Å²) in [6.45, 7) is 3.31. The third kappa shape index (κ3) is 1.54. The molecule has 1 aliphatic rings. The predicted molar refractivity (Wildman–Crippen MR) is 37.7 cm³/mol. The van der Waals surface area contributed by atoms with Crippen molar-refractivity contribution in [2.24, 2.45) is 5.92 Å². The summed E-state index contributed by atoms with van der Waals surface area (Å²) in [5.41, 5.74) is 0. The number of aliphatic hydroxyl groups is 3. The van der Waals surface area contributed by atoms with Crippen LogP contribution < -0.4 is 0 Å². The van der Waals surface area contributed by atoms with Gasteiger partial charge in [-0.25, -0.2) is 0 Å². The predicted octanol–water partition coefficient (Wildman–Crippen LogP) is -0.919. The molecule has 0 radical (unpaired) electrons. The molecule has 0 aromatic rings. The lowest BCUT2D eigenvalue weighted by Crippen LogP contribution is -2.30. The van der Waals surface area contributed by atoms with Gasteiger partial charge >= 0.3 is 0 Å². The molecule has 0 bridgehead atoms. The first-order chi connectivity index (χ1) is 5.04. The van der Waals surface area contributed by atoms with Gasteiger partial charge in [0.1, 0.15) is 6.10 Å². The molecule has 0 aliphatic carbocycles. The van der Waals surface area contributed by atoms with Gasteiger partial charge < -0.3 is 20.1 Å². The molecule has 0 spiro atoms. The van der Waals surface area contributed by atoms with Crippen LogP contribution in [0.25, 0.3) is 0 Å². The fourth-order valence-electron chi connectivity index (χ4n) is 1.37. The molecule has 5 atom stereocenters. The molecule has 1 heterocycles. The Morgan fingerprint density at radius 2 is 1.91 bits per heavy atom. The first-order valence-electron chi connectivity index (χ1n) is 3.73. The highest BCUT2D eigenvalue weighted by Crippen LogP contribution is 2.27. The van der Waals surface area contributed by atoms with Gasteiger partial charge in [0.15, 0.2) is 6.29 Å². The maximum absolute atomic E-state index is 9.20. The molecule has 1 aliphatic heterocycles. The highest BCUT2D eigenvalue weighted by Gasteiger charge is 2.41. The van der Waals surface area contributed by atoms with Gasteiger partial charge in [0.2, 0.25) is 0 Å². The molecule has 0 saturated carbocycles. The number of aliphatic hydroxyl groups excluding tert-OH is 3. The third-order valence-corrected chi connectivity index (χ3v) is 2.12. The van der Waals surface area contributed by atoms with Gasteiger partial charge in [0.05, 0.1) is 12.2 Å². The summed E-state index contributed by atoms with van der Waals surface area (Å²) in [7, 11) is 0. The summed E-state index contributed by atoms with van der Waals surface area (Å²) in [6.07, 6.45) is -3.14. The monoisotopic (exact) mass is 162 g/mol. The van der Waals surface area contributed by atoms with Crippen LogP contribution in [-0.4, -0.2) is 39.9 Å². The second-order valence-electron chi connectivity index (χ2n) is 3.08. The van der Waals surface area contributed by atoms with E-state index >= 15 is 0 Å². The summed E-state index contributed by atoms with van der Waals surface area (Å²) in [5.74, 6) is -0.218. The number of rotatable bonds is 1. The number of hydrogen-bond donors (Lipinski definition) is 3. The molecule has 4 nitrogen and oxygen atoms in total. The van der Waals surface area contributed by atoms with Crippen molar-refractivity contribution in [3.8, 4) is 0 Å². The van der Waals surface area contributed by atoms with E-state index in [-0.39, 0.29) is 5.92 Å². The molecular formula is C7H14O4. The molecule has 0 aromatic heterocycles. The molecule has 0 aromatic carbocycles. The molecule has 1 saturated heterocycles. The molecule has 1 fully saturated rings. The molecular weight excluding hydrogens is 148 g/mol. The van der Waals surface area contributed by atoms with E-state index in [1.807, 2.05) is 0 Å². The van der Waals surface area contributed by atoms with E-state index in [1.165, 1.54) is 0 Å². The van der Waals surface area contributed by atoms with Crippen LogP contribution in [0.1, 0.15) is 13.8 Å². The van der Waals surface area contributed by atoms with Crippen molar-refractivity contribution in [1.82, 2.24) is 0 Å². The lowest BCUT2D eigenvalue weighted by atomic mass is 9.98. The Morgan fingerprint density at radius 1 is 1.36 bits per heavy atom. The van der Waals surface area contributed by atoms with Crippen LogP contribution in [0, 0.1) is 5.92 Å². The smallest absolute Gasteiger partial charge is 0.181 e. The molecule has 11 heavy (non-hydrogen) atoms. The van der Waals surface area contributed by atoms with Crippen molar-refractivity contribution in [2.45, 2.75) is 38.4 Å². The Bertz CT molecular complexity index is 136. The summed E-state index contributed by atoms with van der Waals surface area (Å²) in [4.78, 5) is 0. The maximum atomic E-state index is 9.20. The van der Waals surface area contributed by atoms with E-state index in [1.54, 1.807) is 13.8 Å². The van der Waals surface area contributed by atoms with E-state index in [0.717, 1.165) is 0 Å². The van der Waals surface area contributed by atoms with E-state index in [4.69, 9.17) is 14.9 Å². The van der Waals surface area contributed by atoms with Crippen LogP contribution >= 0.6 is 0 Å². The average molecular weight is 162 g/mol. The van der Waals surface area contributed by atoms with E-state index in [2.05, 4.69) is 0 Å². The van der Waals surface area contributed by atoms with Gasteiger partial charge in [0.25, 0.3) is 0 Å². The normalized spacial score (nSPS) is 47.7. The molecule has 1 rings (SSSR count). The van der Waals surface area contributed by atoms with E-state index in [0.29, 0.717) is 0 Å². The lowest BCUT2D eigenvalue weighted by Gasteiger charge is -2.17. The highest BCUT2D eigenvalue weighted by molar-refractivity contribution is 4.85. The van der Waals surface area contributed by atoms with Crippen molar-refractivity contribution < 1.29 is 20.1 Å². The summed E-state index contributed by atoms with van der Waals surface area (Å²) < 4.78 is 4.90. The van der Waals surface area contributed by atoms with E-state index in [9.17, 15) is 5.11 Å². The van der Waals surface area contributed by atoms with E-state index < -0.39 is 24.6 Å². The molecule has 1 unspecified atom stereocenters. The zero-order valence-electron chi connectivity index (χ0n) is 6.64. The molecule has 0 amide bonds. The summed E-state index contributed by atoms with van der Waals surface area (Å²) in [6, 6.07) is 0. The van der Waals surface area contributed by atoms with Crippen LogP contribution in [0.3, 0.4) is 0 Å². The minimum atomic E-state index is -1.15. The van der Waals surface area contributed by atoms with Crippen molar-refractivity contribution in [3.05, 3.63) is 0 Å². The number of hydrogen-bond acceptors (Lipinski definition) is 4. The van der Waals surface area contributed by atoms with Gasteiger partial charge in [-0.05, 0) is 6.92 Å². The average Bonchev–Trinajstić information content (AvgIpc) is 2.17. The van der Waals surface area contributed by atoms with Gasteiger partial charge in [-0.15, -0.1) is 0 Å². The van der Waals surface area contributed by atoms with Crippen molar-refractivity contribution in [1.29, 1.82) is 0 Å². The van der Waals surface area contributed by atoms with Crippen molar-refractivity contribution in [3.63, 3.8) is 0 Å². The Hall–Kier alpha value is -0.160. The largest absolute Gasteiger partial charge is 0.391 e. The standard InChI is InChI=1S/C7H14O4/c1-3-5(9)7(10)11-6(3)4(2)8/h3-10H,1-2H3/t3-,4+,5-,6-,7?/m0/s1. The summed E-state index contributed by atoms with van der Waals surface area (Å²) in [5, 5.41) is 27.3.